The Hall–Kier alpha value is -0.640. The highest BCUT2D eigenvalue weighted by atomic mass is 35.5. The van der Waals surface area contributed by atoms with Crippen molar-refractivity contribution in [1.29, 1.82) is 0 Å². The van der Waals surface area contributed by atoms with Gasteiger partial charge in [0.05, 0.1) is 0 Å². The molecular weight excluding hydrogens is 241 g/mol. The third kappa shape index (κ3) is 3.95. The second kappa shape index (κ2) is 6.34. The van der Waals surface area contributed by atoms with Crippen molar-refractivity contribution in [3.8, 4) is 0 Å². The van der Waals surface area contributed by atoms with E-state index in [4.69, 9.17) is 16.3 Å². The van der Waals surface area contributed by atoms with Gasteiger partial charge in [-0.15, -0.1) is 0 Å². The molecule has 1 saturated heterocycles. The highest BCUT2D eigenvalue weighted by Crippen LogP contribution is 2.16. The van der Waals surface area contributed by atoms with Crippen LogP contribution in [-0.2, 0) is 11.3 Å². The van der Waals surface area contributed by atoms with Crippen LogP contribution in [0.4, 0.5) is 4.39 Å². The summed E-state index contributed by atoms with van der Waals surface area (Å²) in [4.78, 5) is 0. The van der Waals surface area contributed by atoms with E-state index in [1.807, 2.05) is 0 Å². The Morgan fingerprint density at radius 3 is 2.88 bits per heavy atom. The van der Waals surface area contributed by atoms with Gasteiger partial charge in [-0.2, -0.15) is 0 Å². The average Bonchev–Trinajstić information content (AvgIpc) is 2.35. The molecule has 2 nitrogen and oxygen atoms in total. The minimum atomic E-state index is -0.200. The second-order valence-electron chi connectivity index (χ2n) is 4.42. The van der Waals surface area contributed by atoms with E-state index < -0.39 is 0 Å². The van der Waals surface area contributed by atoms with Gasteiger partial charge in [0, 0.05) is 30.3 Å². The fraction of sp³-hybridized carbons (Fsp3) is 0.538. The van der Waals surface area contributed by atoms with Gasteiger partial charge in [-0.25, -0.2) is 4.39 Å². The number of hydrogen-bond acceptors (Lipinski definition) is 2. The lowest BCUT2D eigenvalue weighted by atomic mass is 10.0. The fourth-order valence-electron chi connectivity index (χ4n) is 2.04. The molecule has 1 aromatic rings. The van der Waals surface area contributed by atoms with Gasteiger partial charge >= 0.3 is 0 Å². The van der Waals surface area contributed by atoms with E-state index in [9.17, 15) is 4.39 Å². The highest BCUT2D eigenvalue weighted by molar-refractivity contribution is 6.30. The minimum Gasteiger partial charge on any atom is -0.381 e. The van der Waals surface area contributed by atoms with Crippen LogP contribution in [0.5, 0.6) is 0 Å². The number of ether oxygens (including phenoxy) is 1. The molecule has 0 aliphatic carbocycles. The molecule has 0 saturated carbocycles. The summed E-state index contributed by atoms with van der Waals surface area (Å²) in [5.41, 5.74) is 0.629. The predicted molar refractivity (Wildman–Crippen MR) is 66.7 cm³/mol. The largest absolute Gasteiger partial charge is 0.381 e. The van der Waals surface area contributed by atoms with Crippen molar-refractivity contribution in [2.75, 3.05) is 19.8 Å². The number of hydrogen-bond donors (Lipinski definition) is 1. The van der Waals surface area contributed by atoms with Crippen molar-refractivity contribution < 1.29 is 9.13 Å². The molecule has 17 heavy (non-hydrogen) atoms. The first-order valence-electron chi connectivity index (χ1n) is 5.98. The van der Waals surface area contributed by atoms with Crippen molar-refractivity contribution in [3.05, 3.63) is 34.6 Å². The average molecular weight is 258 g/mol. The molecule has 0 spiro atoms. The van der Waals surface area contributed by atoms with E-state index in [-0.39, 0.29) is 5.82 Å². The van der Waals surface area contributed by atoms with Gasteiger partial charge in [0.1, 0.15) is 5.82 Å². The van der Waals surface area contributed by atoms with Crippen molar-refractivity contribution in [2.24, 2.45) is 5.92 Å². The van der Waals surface area contributed by atoms with E-state index in [0.717, 1.165) is 32.6 Å². The summed E-state index contributed by atoms with van der Waals surface area (Å²) < 4.78 is 18.7. The molecule has 0 radical (unpaired) electrons. The molecule has 1 aliphatic heterocycles. The lowest BCUT2D eigenvalue weighted by Crippen LogP contribution is -2.27. The summed E-state index contributed by atoms with van der Waals surface area (Å²) in [6, 6.07) is 4.65. The van der Waals surface area contributed by atoms with Crippen molar-refractivity contribution in [1.82, 2.24) is 5.32 Å². The van der Waals surface area contributed by atoms with Gasteiger partial charge < -0.3 is 10.1 Å². The van der Waals surface area contributed by atoms with Crippen LogP contribution in [0, 0.1) is 11.7 Å². The molecule has 1 aliphatic rings. The van der Waals surface area contributed by atoms with Gasteiger partial charge in [-0.1, -0.05) is 11.6 Å². The first kappa shape index (κ1) is 12.8. The maximum Gasteiger partial charge on any atom is 0.127 e. The molecular formula is C13H17ClFNO. The molecule has 0 amide bonds. The van der Waals surface area contributed by atoms with Crippen LogP contribution in [0.2, 0.25) is 5.02 Å². The van der Waals surface area contributed by atoms with Crippen LogP contribution in [-0.4, -0.2) is 19.8 Å². The Labute approximate surface area is 106 Å². The van der Waals surface area contributed by atoms with Crippen LogP contribution >= 0.6 is 11.6 Å². The minimum absolute atomic E-state index is 0.200. The molecule has 94 valence electrons. The smallest absolute Gasteiger partial charge is 0.127 e. The normalized spacial score (nSPS) is 17.3. The summed E-state index contributed by atoms with van der Waals surface area (Å²) >= 11 is 5.83. The molecule has 4 heteroatoms. The van der Waals surface area contributed by atoms with Crippen molar-refractivity contribution in [3.63, 3.8) is 0 Å². The summed E-state index contributed by atoms with van der Waals surface area (Å²) in [5, 5.41) is 3.86. The third-order valence-corrected chi connectivity index (χ3v) is 3.33. The summed E-state index contributed by atoms with van der Waals surface area (Å²) in [7, 11) is 0. The molecule has 1 fully saturated rings. The molecule has 0 atom stereocenters. The van der Waals surface area contributed by atoms with Gasteiger partial charge in [0.15, 0.2) is 0 Å². The number of benzene rings is 1. The van der Waals surface area contributed by atoms with Gasteiger partial charge in [-0.3, -0.25) is 0 Å². The number of halogens is 2. The number of nitrogens with one attached hydrogen (secondary N) is 1. The van der Waals surface area contributed by atoms with Crippen LogP contribution in [0.15, 0.2) is 18.2 Å². The summed E-state index contributed by atoms with van der Waals surface area (Å²) in [5.74, 6) is 0.444. The van der Waals surface area contributed by atoms with Gasteiger partial charge in [-0.05, 0) is 43.5 Å². The topological polar surface area (TPSA) is 21.3 Å². The Morgan fingerprint density at radius 1 is 1.35 bits per heavy atom. The zero-order chi connectivity index (χ0) is 12.1. The lowest BCUT2D eigenvalue weighted by molar-refractivity contribution is 0.0662. The quantitative estimate of drug-likeness (QED) is 0.895. The summed E-state index contributed by atoms with van der Waals surface area (Å²) in [6.45, 7) is 3.13. The fourth-order valence-corrected chi connectivity index (χ4v) is 2.23. The first-order valence-corrected chi connectivity index (χ1v) is 6.36. The molecule has 1 heterocycles. The van der Waals surface area contributed by atoms with Gasteiger partial charge in [0.2, 0.25) is 0 Å². The zero-order valence-electron chi connectivity index (χ0n) is 9.72. The Kier molecular flexibility index (Phi) is 4.77. The Morgan fingerprint density at radius 2 is 2.12 bits per heavy atom. The van der Waals surface area contributed by atoms with Crippen LogP contribution in [0.25, 0.3) is 0 Å². The molecule has 2 rings (SSSR count). The van der Waals surface area contributed by atoms with E-state index in [2.05, 4.69) is 5.32 Å². The van der Waals surface area contributed by atoms with E-state index in [1.54, 1.807) is 12.1 Å². The zero-order valence-corrected chi connectivity index (χ0v) is 10.5. The maximum absolute atomic E-state index is 13.4. The Balaban J connectivity index is 1.79. The van der Waals surface area contributed by atoms with Crippen LogP contribution in [0.1, 0.15) is 18.4 Å². The lowest BCUT2D eigenvalue weighted by Gasteiger charge is -2.22. The van der Waals surface area contributed by atoms with Gasteiger partial charge in [0.25, 0.3) is 0 Å². The van der Waals surface area contributed by atoms with Crippen molar-refractivity contribution in [2.45, 2.75) is 19.4 Å². The molecule has 1 aromatic carbocycles. The van der Waals surface area contributed by atoms with Crippen LogP contribution < -0.4 is 5.32 Å². The first-order chi connectivity index (χ1) is 8.25. The predicted octanol–water partition coefficient (Wildman–Crippen LogP) is 3.00. The van der Waals surface area contributed by atoms with E-state index in [1.165, 1.54) is 6.07 Å². The monoisotopic (exact) mass is 257 g/mol. The molecule has 0 aromatic heterocycles. The second-order valence-corrected chi connectivity index (χ2v) is 4.86. The SMILES string of the molecule is Fc1ccc(Cl)cc1CNCC1CCOCC1. The molecule has 0 unspecified atom stereocenters. The highest BCUT2D eigenvalue weighted by Gasteiger charge is 2.13. The molecule has 0 bridgehead atoms. The summed E-state index contributed by atoms with van der Waals surface area (Å²) in [6.07, 6.45) is 2.18. The van der Waals surface area contributed by atoms with E-state index >= 15 is 0 Å². The maximum atomic E-state index is 13.4. The Bertz CT molecular complexity index is 366. The van der Waals surface area contributed by atoms with Crippen LogP contribution in [0.3, 0.4) is 0 Å². The standard InChI is InChI=1S/C13H17ClFNO/c14-12-1-2-13(15)11(7-12)9-16-8-10-3-5-17-6-4-10/h1-2,7,10,16H,3-6,8-9H2. The molecule has 1 N–H and O–H groups in total. The number of rotatable bonds is 4. The third-order valence-electron chi connectivity index (χ3n) is 3.10. The van der Waals surface area contributed by atoms with E-state index in [0.29, 0.717) is 23.0 Å². The van der Waals surface area contributed by atoms with Crippen molar-refractivity contribution >= 4 is 11.6 Å².